The van der Waals surface area contributed by atoms with Gasteiger partial charge in [-0.15, -0.1) is 0 Å². The van der Waals surface area contributed by atoms with Gasteiger partial charge in [-0.2, -0.15) is 5.10 Å². The number of nitrogens with zero attached hydrogens (tertiary/aromatic N) is 3. The average Bonchev–Trinajstić information content (AvgIpc) is 3.00. The minimum Gasteiger partial charge on any atom is -0.493 e. The highest BCUT2D eigenvalue weighted by molar-refractivity contribution is 7.99. The largest absolute Gasteiger partial charge is 0.493 e. The van der Waals surface area contributed by atoms with Gasteiger partial charge in [-0.25, -0.2) is 10.4 Å². The van der Waals surface area contributed by atoms with Gasteiger partial charge in [0.15, 0.2) is 16.7 Å². The molecule has 4 aromatic carbocycles. The number of methoxy groups -OCH3 is 1. The smallest absolute Gasteiger partial charge is 0.266 e. The lowest BCUT2D eigenvalue weighted by Gasteiger charge is -2.13. The topological polar surface area (TPSA) is 94.8 Å². The van der Waals surface area contributed by atoms with Crippen LogP contribution >= 0.6 is 23.4 Å². The van der Waals surface area contributed by atoms with E-state index in [0.717, 1.165) is 22.9 Å². The predicted molar refractivity (Wildman–Crippen MR) is 163 cm³/mol. The molecule has 0 aliphatic heterocycles. The van der Waals surface area contributed by atoms with Gasteiger partial charge in [-0.05, 0) is 65.7 Å². The molecule has 41 heavy (non-hydrogen) atoms. The van der Waals surface area contributed by atoms with Gasteiger partial charge in [0.05, 0.1) is 35.7 Å². The van der Waals surface area contributed by atoms with Gasteiger partial charge < -0.3 is 9.47 Å². The van der Waals surface area contributed by atoms with E-state index in [4.69, 9.17) is 21.1 Å². The second-order valence-electron chi connectivity index (χ2n) is 8.79. The Morgan fingerprint density at radius 1 is 1.00 bits per heavy atom. The molecular weight excluding hydrogens is 560 g/mol. The van der Waals surface area contributed by atoms with Crippen LogP contribution in [0.1, 0.15) is 11.1 Å². The molecule has 1 heterocycles. The van der Waals surface area contributed by atoms with Crippen molar-refractivity contribution in [1.82, 2.24) is 15.0 Å². The van der Waals surface area contributed by atoms with Gasteiger partial charge in [0, 0.05) is 5.02 Å². The van der Waals surface area contributed by atoms with Gasteiger partial charge in [0.25, 0.3) is 11.5 Å². The Balaban J connectivity index is 1.25. The summed E-state index contributed by atoms with van der Waals surface area (Å²) in [6.07, 6.45) is 1.52. The van der Waals surface area contributed by atoms with Crippen molar-refractivity contribution in [2.24, 2.45) is 5.10 Å². The summed E-state index contributed by atoms with van der Waals surface area (Å²) in [6, 6.07) is 29.2. The van der Waals surface area contributed by atoms with Crippen LogP contribution in [0.3, 0.4) is 0 Å². The zero-order valence-corrected chi connectivity index (χ0v) is 23.6. The molecule has 0 saturated heterocycles. The molecule has 206 valence electrons. The fourth-order valence-electron chi connectivity index (χ4n) is 3.99. The number of hydrazone groups is 1. The van der Waals surface area contributed by atoms with E-state index in [2.05, 4.69) is 15.5 Å². The lowest BCUT2D eigenvalue weighted by molar-refractivity contribution is -0.118. The quantitative estimate of drug-likeness (QED) is 0.0955. The van der Waals surface area contributed by atoms with Gasteiger partial charge in [0.2, 0.25) is 0 Å². The number of benzene rings is 4. The molecule has 1 N–H and O–H groups in total. The number of aromatic nitrogens is 2. The van der Waals surface area contributed by atoms with E-state index in [-0.39, 0.29) is 17.2 Å². The normalized spacial score (nSPS) is 11.1. The van der Waals surface area contributed by atoms with Crippen molar-refractivity contribution in [3.05, 3.63) is 124 Å². The summed E-state index contributed by atoms with van der Waals surface area (Å²) in [5.41, 5.74) is 5.21. The van der Waals surface area contributed by atoms with Crippen LogP contribution in [0.25, 0.3) is 16.6 Å². The lowest BCUT2D eigenvalue weighted by Crippen LogP contribution is -2.24. The molecule has 10 heteroatoms. The summed E-state index contributed by atoms with van der Waals surface area (Å²) >= 11 is 7.18. The summed E-state index contributed by atoms with van der Waals surface area (Å²) < 4.78 is 12.8. The minimum atomic E-state index is -0.355. The van der Waals surface area contributed by atoms with Gasteiger partial charge in [-0.1, -0.05) is 65.8 Å². The van der Waals surface area contributed by atoms with E-state index in [1.165, 1.54) is 10.8 Å². The number of hydrogen-bond donors (Lipinski definition) is 1. The molecule has 1 aromatic heterocycles. The van der Waals surface area contributed by atoms with Crippen molar-refractivity contribution in [1.29, 1.82) is 0 Å². The van der Waals surface area contributed by atoms with E-state index >= 15 is 0 Å². The molecule has 0 radical (unpaired) electrons. The Kier molecular flexibility index (Phi) is 8.98. The lowest BCUT2D eigenvalue weighted by atomic mass is 10.2. The molecule has 8 nitrogen and oxygen atoms in total. The van der Waals surface area contributed by atoms with E-state index in [9.17, 15) is 9.59 Å². The first kappa shape index (κ1) is 27.9. The SMILES string of the molecule is COc1cc(C=NNC(=O)CSc2nc3ccccc3c(=O)n2-c2ccc(Cl)cc2)ccc1OCc1ccccc1. The molecular formula is C31H25ClN4O4S. The Morgan fingerprint density at radius 2 is 1.76 bits per heavy atom. The number of hydrogen-bond acceptors (Lipinski definition) is 7. The molecule has 0 aliphatic carbocycles. The van der Waals surface area contributed by atoms with Crippen molar-refractivity contribution in [3.8, 4) is 17.2 Å². The van der Waals surface area contributed by atoms with E-state index < -0.39 is 0 Å². The van der Waals surface area contributed by atoms with Crippen molar-refractivity contribution in [2.45, 2.75) is 11.8 Å². The second-order valence-corrected chi connectivity index (χ2v) is 10.2. The third kappa shape index (κ3) is 6.95. The Morgan fingerprint density at radius 3 is 2.54 bits per heavy atom. The fourth-order valence-corrected chi connectivity index (χ4v) is 4.92. The van der Waals surface area contributed by atoms with Crippen molar-refractivity contribution in [2.75, 3.05) is 12.9 Å². The van der Waals surface area contributed by atoms with Crippen molar-refractivity contribution in [3.63, 3.8) is 0 Å². The first-order chi connectivity index (χ1) is 20.0. The second kappa shape index (κ2) is 13.2. The van der Waals surface area contributed by atoms with Crippen LogP contribution in [0.4, 0.5) is 0 Å². The van der Waals surface area contributed by atoms with Crippen LogP contribution in [0, 0.1) is 0 Å². The Bertz CT molecular complexity index is 1760. The van der Waals surface area contributed by atoms with Crippen LogP contribution in [-0.4, -0.2) is 34.5 Å². The number of halogens is 1. The highest BCUT2D eigenvalue weighted by Gasteiger charge is 2.15. The molecule has 0 fully saturated rings. The molecule has 5 rings (SSSR count). The van der Waals surface area contributed by atoms with E-state index in [1.807, 2.05) is 42.5 Å². The summed E-state index contributed by atoms with van der Waals surface area (Å²) in [7, 11) is 1.56. The van der Waals surface area contributed by atoms with Crippen LogP contribution in [0.5, 0.6) is 11.5 Å². The number of para-hydroxylation sites is 1. The van der Waals surface area contributed by atoms with Crippen molar-refractivity contribution < 1.29 is 14.3 Å². The minimum absolute atomic E-state index is 0.00864. The molecule has 1 amide bonds. The van der Waals surface area contributed by atoms with Crippen LogP contribution in [0.2, 0.25) is 5.02 Å². The number of nitrogens with one attached hydrogen (secondary N) is 1. The summed E-state index contributed by atoms with van der Waals surface area (Å²) in [5.74, 6) is 0.787. The first-order valence-corrected chi connectivity index (χ1v) is 14.0. The number of amides is 1. The first-order valence-electron chi connectivity index (χ1n) is 12.6. The molecule has 0 saturated carbocycles. The van der Waals surface area contributed by atoms with Gasteiger partial charge >= 0.3 is 0 Å². The Hall–Kier alpha value is -4.60. The number of fused-ring (bicyclic) bond motifs is 1. The van der Waals surface area contributed by atoms with E-state index in [1.54, 1.807) is 61.7 Å². The van der Waals surface area contributed by atoms with Crippen LogP contribution < -0.4 is 20.5 Å². The zero-order chi connectivity index (χ0) is 28.6. The van der Waals surface area contributed by atoms with E-state index in [0.29, 0.717) is 44.9 Å². The highest BCUT2D eigenvalue weighted by atomic mass is 35.5. The maximum absolute atomic E-state index is 13.3. The standard InChI is InChI=1S/C31H25ClN4O4S/c1-39-28-17-22(11-16-27(28)40-19-21-7-3-2-4-8-21)18-33-35-29(37)20-41-31-34-26-10-6-5-9-25(26)30(38)36(31)24-14-12-23(32)13-15-24/h2-18H,19-20H2,1H3,(H,35,37). The summed E-state index contributed by atoms with van der Waals surface area (Å²) in [4.78, 5) is 30.6. The Labute approximate surface area is 245 Å². The third-order valence-corrected chi connectivity index (χ3v) is 7.18. The number of ether oxygens (including phenoxy) is 2. The third-order valence-electron chi connectivity index (χ3n) is 5.99. The summed E-state index contributed by atoms with van der Waals surface area (Å²) in [5, 5.41) is 5.48. The molecule has 0 bridgehead atoms. The fraction of sp³-hybridized carbons (Fsp3) is 0.0968. The number of carbonyl (C=O) groups excluding carboxylic acids is 1. The monoisotopic (exact) mass is 584 g/mol. The number of carbonyl (C=O) groups is 1. The number of thioether (sulfide) groups is 1. The predicted octanol–water partition coefficient (Wildman–Crippen LogP) is 5.87. The summed E-state index contributed by atoms with van der Waals surface area (Å²) in [6.45, 7) is 0.413. The number of rotatable bonds is 10. The van der Waals surface area contributed by atoms with Crippen LogP contribution in [0.15, 0.2) is 112 Å². The molecule has 0 unspecified atom stereocenters. The maximum Gasteiger partial charge on any atom is 0.266 e. The van der Waals surface area contributed by atoms with Crippen LogP contribution in [-0.2, 0) is 11.4 Å². The molecule has 5 aromatic rings. The molecule has 0 spiro atoms. The maximum atomic E-state index is 13.3. The zero-order valence-electron chi connectivity index (χ0n) is 22.0. The average molecular weight is 585 g/mol. The van der Waals surface area contributed by atoms with Gasteiger partial charge in [0.1, 0.15) is 6.61 Å². The van der Waals surface area contributed by atoms with Crippen molar-refractivity contribution >= 4 is 46.4 Å². The van der Waals surface area contributed by atoms with Gasteiger partial charge in [-0.3, -0.25) is 14.2 Å². The molecule has 0 aliphatic rings. The molecule has 0 atom stereocenters. The highest BCUT2D eigenvalue weighted by Crippen LogP contribution is 2.28.